The zero-order valence-corrected chi connectivity index (χ0v) is 20.4. The van der Waals surface area contributed by atoms with Gasteiger partial charge in [0, 0.05) is 41.3 Å². The number of aromatic amines is 2. The number of aryl methyl sites for hydroxylation is 2. The van der Waals surface area contributed by atoms with Crippen molar-refractivity contribution in [2.45, 2.75) is 45.6 Å². The van der Waals surface area contributed by atoms with Crippen LogP contribution in [0.1, 0.15) is 48.2 Å². The van der Waals surface area contributed by atoms with Gasteiger partial charge in [-0.05, 0) is 86.9 Å². The number of pyridine rings is 1. The average Bonchev–Trinajstić information content (AvgIpc) is 3.25. The first-order valence-electron chi connectivity index (χ1n) is 11.7. The third-order valence-electron chi connectivity index (χ3n) is 6.99. The molecule has 0 unspecified atom stereocenters. The number of hydrogen-bond acceptors (Lipinski definition) is 3. The minimum Gasteiger partial charge on any atom is -0.359 e. The molecule has 0 atom stereocenters. The van der Waals surface area contributed by atoms with E-state index in [2.05, 4.69) is 16.0 Å². The first-order valence-corrected chi connectivity index (χ1v) is 11.7. The van der Waals surface area contributed by atoms with Gasteiger partial charge in [0.1, 0.15) is 0 Å². The van der Waals surface area contributed by atoms with Crippen LogP contribution in [0.3, 0.4) is 0 Å². The quantitative estimate of drug-likeness (QED) is 0.469. The molecule has 3 heterocycles. The van der Waals surface area contributed by atoms with E-state index in [0.29, 0.717) is 23.6 Å². The molecule has 1 aliphatic heterocycles. The van der Waals surface area contributed by atoms with Crippen molar-refractivity contribution in [3.8, 4) is 11.1 Å². The Bertz CT molecular complexity index is 1300. The van der Waals surface area contributed by atoms with Crippen molar-refractivity contribution in [1.82, 2.24) is 9.97 Å². The summed E-state index contributed by atoms with van der Waals surface area (Å²) in [4.78, 5) is 34.1. The van der Waals surface area contributed by atoms with E-state index in [1.54, 1.807) is 6.20 Å². The largest absolute Gasteiger partial charge is 0.359 e. The van der Waals surface area contributed by atoms with Gasteiger partial charge >= 0.3 is 0 Å². The van der Waals surface area contributed by atoms with Gasteiger partial charge in [-0.25, -0.2) is 0 Å². The maximum atomic E-state index is 13.7. The van der Waals surface area contributed by atoms with Gasteiger partial charge in [0.2, 0.25) is 0 Å². The van der Waals surface area contributed by atoms with Gasteiger partial charge in [0.25, 0.3) is 11.5 Å². The lowest BCUT2D eigenvalue weighted by Crippen LogP contribution is -2.36. The second-order valence-electron chi connectivity index (χ2n) is 9.45. The zero-order valence-electron chi connectivity index (χ0n) is 19.6. The highest BCUT2D eigenvalue weighted by Gasteiger charge is 2.35. The topological polar surface area (TPSA) is 95.0 Å². The predicted molar refractivity (Wildman–Crippen MR) is 140 cm³/mol. The molecule has 3 aromatic rings. The van der Waals surface area contributed by atoms with Crippen LogP contribution in [-0.2, 0) is 4.79 Å². The first kappa shape index (κ1) is 24.0. The number of hydrogen-bond donors (Lipinski definition) is 3. The van der Waals surface area contributed by atoms with E-state index in [0.717, 1.165) is 59.4 Å². The van der Waals surface area contributed by atoms with E-state index >= 15 is 0 Å². The number of nitrogens with one attached hydrogen (secondary N) is 2. The van der Waals surface area contributed by atoms with E-state index in [9.17, 15) is 9.59 Å². The van der Waals surface area contributed by atoms with Gasteiger partial charge in [-0.1, -0.05) is 12.1 Å². The summed E-state index contributed by atoms with van der Waals surface area (Å²) in [6.45, 7) is 4.74. The van der Waals surface area contributed by atoms with Gasteiger partial charge in [-0.2, -0.15) is 0 Å². The molecule has 0 spiro atoms. The third kappa shape index (κ3) is 4.48. The van der Waals surface area contributed by atoms with E-state index in [1.165, 1.54) is 0 Å². The Morgan fingerprint density at radius 2 is 1.82 bits per heavy atom. The van der Waals surface area contributed by atoms with Crippen molar-refractivity contribution in [1.29, 1.82) is 0 Å². The van der Waals surface area contributed by atoms with Crippen LogP contribution in [0, 0.1) is 19.8 Å². The molecule has 1 saturated carbocycles. The summed E-state index contributed by atoms with van der Waals surface area (Å²) in [5, 5.41) is 0. The molecule has 7 heteroatoms. The number of H-pyrrole nitrogens is 2. The Balaban J connectivity index is 0.00000274. The van der Waals surface area contributed by atoms with Crippen molar-refractivity contribution < 1.29 is 4.79 Å². The van der Waals surface area contributed by atoms with Crippen LogP contribution in [0.2, 0.25) is 0 Å². The Morgan fingerprint density at radius 3 is 2.50 bits per heavy atom. The average molecular weight is 479 g/mol. The number of halogens is 1. The molecule has 5 rings (SSSR count). The summed E-state index contributed by atoms with van der Waals surface area (Å²) in [6.07, 6.45) is 7.67. The van der Waals surface area contributed by atoms with Crippen LogP contribution in [-0.4, -0.2) is 28.5 Å². The van der Waals surface area contributed by atoms with Crippen LogP contribution in [0.25, 0.3) is 22.8 Å². The molecule has 6 nitrogen and oxygen atoms in total. The number of carbonyl (C=O) groups excluding carboxylic acids is 1. The number of benzene rings is 1. The smallest absolute Gasteiger partial charge is 0.259 e. The number of carbonyl (C=O) groups is 1. The number of amides is 1. The highest BCUT2D eigenvalue weighted by atomic mass is 35.5. The summed E-state index contributed by atoms with van der Waals surface area (Å²) in [5.74, 6) is 0.449. The van der Waals surface area contributed by atoms with Gasteiger partial charge in [-0.15, -0.1) is 12.4 Å². The maximum absolute atomic E-state index is 13.7. The van der Waals surface area contributed by atoms with Crippen LogP contribution in [0.15, 0.2) is 47.4 Å². The van der Waals surface area contributed by atoms with Crippen LogP contribution in [0.5, 0.6) is 0 Å². The Kier molecular flexibility index (Phi) is 6.82. The predicted octanol–water partition coefficient (Wildman–Crippen LogP) is 4.81. The molecule has 2 aliphatic rings. The van der Waals surface area contributed by atoms with Crippen LogP contribution in [0.4, 0.5) is 5.69 Å². The first-order chi connectivity index (χ1) is 15.9. The molecule has 0 bridgehead atoms. The van der Waals surface area contributed by atoms with E-state index in [-0.39, 0.29) is 29.9 Å². The van der Waals surface area contributed by atoms with Gasteiger partial charge in [0.05, 0.1) is 11.3 Å². The minimum absolute atomic E-state index is 0. The number of nitrogens with two attached hydrogens (primary N) is 1. The summed E-state index contributed by atoms with van der Waals surface area (Å²) in [6, 6.07) is 11.9. The van der Waals surface area contributed by atoms with Crippen molar-refractivity contribution >= 4 is 35.7 Å². The number of fused-ring (bicyclic) bond motifs is 1. The normalized spacial score (nSPS) is 21.0. The molecular weight excluding hydrogens is 448 g/mol. The lowest BCUT2D eigenvalue weighted by Gasteiger charge is -2.30. The van der Waals surface area contributed by atoms with E-state index in [1.807, 2.05) is 55.2 Å². The molecular formula is C27H31ClN4O2. The monoisotopic (exact) mass is 478 g/mol. The molecule has 178 valence electrons. The van der Waals surface area contributed by atoms with Crippen molar-refractivity contribution in [3.63, 3.8) is 0 Å². The highest BCUT2D eigenvalue weighted by Crippen LogP contribution is 2.41. The number of aromatic nitrogens is 2. The highest BCUT2D eigenvalue weighted by molar-refractivity contribution is 6.36. The Morgan fingerprint density at radius 1 is 1.06 bits per heavy atom. The molecule has 0 radical (unpaired) electrons. The fourth-order valence-corrected chi connectivity index (χ4v) is 5.16. The van der Waals surface area contributed by atoms with E-state index in [4.69, 9.17) is 5.73 Å². The number of anilines is 1. The van der Waals surface area contributed by atoms with Crippen LogP contribution >= 0.6 is 12.4 Å². The minimum atomic E-state index is -0.136. The molecule has 34 heavy (non-hydrogen) atoms. The number of rotatable bonds is 4. The zero-order chi connectivity index (χ0) is 23.1. The van der Waals surface area contributed by atoms with Crippen molar-refractivity contribution in [2.75, 3.05) is 11.4 Å². The second kappa shape index (κ2) is 9.65. The molecule has 0 saturated heterocycles. The molecule has 2 aromatic heterocycles. The summed E-state index contributed by atoms with van der Waals surface area (Å²) in [5.41, 5.74) is 13.0. The standard InChI is InChI=1S/C27H30N4O2.ClH/c1-16-12-17(2)30-24(16)14-23-22-10-7-19(21-4-3-11-29-26(21)32)13-25(22)31(27(23)33)15-18-5-8-20(28)9-6-18;/h3-4,7,10-14,18,20,30H,5-6,8-9,15,28H2,1-2H3,(H,29,32);1H/b23-14-;. The van der Waals surface area contributed by atoms with E-state index < -0.39 is 0 Å². The molecule has 1 aromatic carbocycles. The fourth-order valence-electron chi connectivity index (χ4n) is 5.16. The summed E-state index contributed by atoms with van der Waals surface area (Å²) >= 11 is 0. The Hall–Kier alpha value is -3.09. The molecule has 1 aliphatic carbocycles. The lowest BCUT2D eigenvalue weighted by molar-refractivity contribution is -0.113. The van der Waals surface area contributed by atoms with Gasteiger partial charge < -0.3 is 20.6 Å². The van der Waals surface area contributed by atoms with Crippen molar-refractivity contribution in [3.05, 3.63) is 75.5 Å². The molecule has 1 fully saturated rings. The SMILES string of the molecule is Cc1cc(C)c(/C=C2\C(=O)N(CC3CCC(N)CC3)c3cc(-c4ccc[nH]c4=O)ccc32)[nH]1.Cl. The molecule has 4 N–H and O–H groups in total. The second-order valence-corrected chi connectivity index (χ2v) is 9.45. The van der Waals surface area contributed by atoms with Crippen molar-refractivity contribution in [2.24, 2.45) is 11.7 Å². The van der Waals surface area contributed by atoms with Gasteiger partial charge in [-0.3, -0.25) is 9.59 Å². The number of nitrogens with zero attached hydrogens (tertiary/aromatic N) is 1. The van der Waals surface area contributed by atoms with Gasteiger partial charge in [0.15, 0.2) is 0 Å². The third-order valence-corrected chi connectivity index (χ3v) is 6.99. The maximum Gasteiger partial charge on any atom is 0.259 e. The lowest BCUT2D eigenvalue weighted by atomic mass is 9.86. The summed E-state index contributed by atoms with van der Waals surface area (Å²) < 4.78 is 0. The molecule has 1 amide bonds. The summed E-state index contributed by atoms with van der Waals surface area (Å²) in [7, 11) is 0. The van der Waals surface area contributed by atoms with Crippen LogP contribution < -0.4 is 16.2 Å². The fraction of sp³-hybridized carbons (Fsp3) is 0.333. The Labute approximate surface area is 205 Å².